The van der Waals surface area contributed by atoms with Crippen molar-refractivity contribution in [3.05, 3.63) is 35.4 Å². The zero-order valence-corrected chi connectivity index (χ0v) is 8.66. The first-order chi connectivity index (χ1) is 6.70. The second kappa shape index (κ2) is 5.27. The molecule has 2 N–H and O–H groups in total. The van der Waals surface area contributed by atoms with Gasteiger partial charge < -0.3 is 10.5 Å². The van der Waals surface area contributed by atoms with Gasteiger partial charge in [-0.1, -0.05) is 24.3 Å². The summed E-state index contributed by atoms with van der Waals surface area (Å²) in [5.74, 6) is 0. The van der Waals surface area contributed by atoms with Gasteiger partial charge in [0.15, 0.2) is 0 Å². The quantitative estimate of drug-likeness (QED) is 0.679. The molecule has 3 heteroatoms. The summed E-state index contributed by atoms with van der Waals surface area (Å²) in [4.78, 5) is 3.71. The summed E-state index contributed by atoms with van der Waals surface area (Å²) in [7, 11) is 0. The maximum absolute atomic E-state index is 5.06. The van der Waals surface area contributed by atoms with Crippen LogP contribution in [0.25, 0.3) is 0 Å². The van der Waals surface area contributed by atoms with E-state index in [0.29, 0.717) is 12.6 Å². The molecule has 1 heterocycles. The number of amidine groups is 1. The SMILES string of the molecule is Cc1ccccc1C.NC1=NCCO1. The lowest BCUT2D eigenvalue weighted by molar-refractivity contribution is 0.342. The van der Waals surface area contributed by atoms with E-state index >= 15 is 0 Å². The number of aryl methyl sites for hydroxylation is 2. The van der Waals surface area contributed by atoms with Crippen molar-refractivity contribution >= 4 is 6.02 Å². The van der Waals surface area contributed by atoms with Crippen LogP contribution in [0.15, 0.2) is 29.3 Å². The van der Waals surface area contributed by atoms with E-state index in [2.05, 4.69) is 47.8 Å². The molecule has 0 radical (unpaired) electrons. The van der Waals surface area contributed by atoms with E-state index in [9.17, 15) is 0 Å². The lowest BCUT2D eigenvalue weighted by Gasteiger charge is -1.93. The molecular weight excluding hydrogens is 176 g/mol. The van der Waals surface area contributed by atoms with Gasteiger partial charge in [0.1, 0.15) is 6.61 Å². The van der Waals surface area contributed by atoms with Crippen molar-refractivity contribution in [2.45, 2.75) is 13.8 Å². The Bertz CT molecular complexity index is 300. The third kappa shape index (κ3) is 3.47. The second-order valence-electron chi connectivity index (χ2n) is 3.15. The number of rotatable bonds is 0. The van der Waals surface area contributed by atoms with Crippen LogP contribution in [0, 0.1) is 13.8 Å². The van der Waals surface area contributed by atoms with Crippen LogP contribution in [0.3, 0.4) is 0 Å². The van der Waals surface area contributed by atoms with Crippen LogP contribution in [0.4, 0.5) is 0 Å². The lowest BCUT2D eigenvalue weighted by atomic mass is 10.1. The van der Waals surface area contributed by atoms with Crippen molar-refractivity contribution in [3.63, 3.8) is 0 Å². The van der Waals surface area contributed by atoms with Crippen molar-refractivity contribution in [2.24, 2.45) is 10.7 Å². The molecule has 2 rings (SSSR count). The van der Waals surface area contributed by atoms with Crippen LogP contribution >= 0.6 is 0 Å². The Balaban J connectivity index is 0.000000146. The number of hydrogen-bond donors (Lipinski definition) is 1. The zero-order valence-electron chi connectivity index (χ0n) is 8.66. The molecule has 0 fully saturated rings. The number of nitrogens with two attached hydrogens (primary N) is 1. The minimum atomic E-state index is 0.329. The molecule has 0 spiro atoms. The fourth-order valence-corrected chi connectivity index (χ4v) is 1.01. The highest BCUT2D eigenvalue weighted by Gasteiger charge is 1.97. The van der Waals surface area contributed by atoms with E-state index in [1.165, 1.54) is 11.1 Å². The number of ether oxygens (including phenoxy) is 1. The fraction of sp³-hybridized carbons (Fsp3) is 0.364. The molecule has 0 bridgehead atoms. The molecule has 0 saturated heterocycles. The third-order valence-electron chi connectivity index (χ3n) is 2.03. The standard InChI is InChI=1S/C8H10.C3H6N2O/c1-7-5-3-4-6-8(7)2;4-3-5-1-2-6-3/h3-6H,1-2H3;1-2H2,(H2,4,5). The molecule has 1 aromatic rings. The van der Waals surface area contributed by atoms with Crippen LogP contribution in [0.5, 0.6) is 0 Å². The van der Waals surface area contributed by atoms with Crippen molar-refractivity contribution in [1.82, 2.24) is 0 Å². The van der Waals surface area contributed by atoms with E-state index in [1.54, 1.807) is 0 Å². The molecule has 3 nitrogen and oxygen atoms in total. The molecule has 0 saturated carbocycles. The van der Waals surface area contributed by atoms with Gasteiger partial charge >= 0.3 is 0 Å². The summed E-state index contributed by atoms with van der Waals surface area (Å²) >= 11 is 0. The van der Waals surface area contributed by atoms with Crippen molar-refractivity contribution in [3.8, 4) is 0 Å². The first-order valence-corrected chi connectivity index (χ1v) is 4.65. The highest BCUT2D eigenvalue weighted by atomic mass is 16.5. The van der Waals surface area contributed by atoms with Gasteiger partial charge in [-0.2, -0.15) is 0 Å². The predicted octanol–water partition coefficient (Wildman–Crippen LogP) is 1.63. The summed E-state index contributed by atoms with van der Waals surface area (Å²) in [6.07, 6.45) is 0. The van der Waals surface area contributed by atoms with Gasteiger partial charge in [0.05, 0.1) is 6.54 Å². The van der Waals surface area contributed by atoms with Gasteiger partial charge in [0.2, 0.25) is 0 Å². The van der Waals surface area contributed by atoms with E-state index < -0.39 is 0 Å². The average molecular weight is 192 g/mol. The number of hydrogen-bond acceptors (Lipinski definition) is 3. The predicted molar refractivity (Wildman–Crippen MR) is 58.4 cm³/mol. The van der Waals surface area contributed by atoms with Crippen LogP contribution in [-0.4, -0.2) is 19.2 Å². The Morgan fingerprint density at radius 3 is 2.00 bits per heavy atom. The molecule has 0 aliphatic carbocycles. The van der Waals surface area contributed by atoms with Crippen molar-refractivity contribution in [1.29, 1.82) is 0 Å². The van der Waals surface area contributed by atoms with Gasteiger partial charge in [-0.25, -0.2) is 4.99 Å². The first-order valence-electron chi connectivity index (χ1n) is 4.65. The van der Waals surface area contributed by atoms with Crippen molar-refractivity contribution in [2.75, 3.05) is 13.2 Å². The van der Waals surface area contributed by atoms with E-state index in [-0.39, 0.29) is 0 Å². The third-order valence-corrected chi connectivity index (χ3v) is 2.03. The van der Waals surface area contributed by atoms with E-state index in [0.717, 1.165) is 6.54 Å². The molecular formula is C11H16N2O. The zero-order chi connectivity index (χ0) is 10.4. The van der Waals surface area contributed by atoms with Gasteiger partial charge in [0.25, 0.3) is 6.02 Å². The summed E-state index contributed by atoms with van der Waals surface area (Å²) in [5, 5.41) is 0. The highest BCUT2D eigenvalue weighted by molar-refractivity contribution is 5.72. The molecule has 0 amide bonds. The van der Waals surface area contributed by atoms with Crippen LogP contribution in [0.1, 0.15) is 11.1 Å². The Kier molecular flexibility index (Phi) is 3.98. The Morgan fingerprint density at radius 1 is 1.21 bits per heavy atom. The molecule has 0 unspecified atom stereocenters. The molecule has 14 heavy (non-hydrogen) atoms. The number of aliphatic imine (C=N–C) groups is 1. The molecule has 1 aromatic carbocycles. The fourth-order valence-electron chi connectivity index (χ4n) is 1.01. The smallest absolute Gasteiger partial charge is 0.282 e. The average Bonchev–Trinajstić information content (AvgIpc) is 2.63. The summed E-state index contributed by atoms with van der Waals surface area (Å²) < 4.78 is 4.68. The van der Waals surface area contributed by atoms with Gasteiger partial charge in [-0.15, -0.1) is 0 Å². The summed E-state index contributed by atoms with van der Waals surface area (Å²) in [5.41, 5.74) is 7.80. The van der Waals surface area contributed by atoms with E-state index in [1.807, 2.05) is 0 Å². The first kappa shape index (κ1) is 10.6. The maximum Gasteiger partial charge on any atom is 0.282 e. The second-order valence-corrected chi connectivity index (χ2v) is 3.15. The molecule has 1 aliphatic rings. The Morgan fingerprint density at radius 2 is 1.79 bits per heavy atom. The number of benzene rings is 1. The molecule has 0 aromatic heterocycles. The monoisotopic (exact) mass is 192 g/mol. The maximum atomic E-state index is 5.06. The minimum Gasteiger partial charge on any atom is -0.463 e. The topological polar surface area (TPSA) is 47.6 Å². The molecule has 1 aliphatic heterocycles. The van der Waals surface area contributed by atoms with Gasteiger partial charge in [-0.05, 0) is 25.0 Å². The molecule has 76 valence electrons. The lowest BCUT2D eigenvalue weighted by Crippen LogP contribution is -2.10. The van der Waals surface area contributed by atoms with Gasteiger partial charge in [-0.3, -0.25) is 0 Å². The van der Waals surface area contributed by atoms with Crippen molar-refractivity contribution < 1.29 is 4.74 Å². The van der Waals surface area contributed by atoms with Crippen LogP contribution in [-0.2, 0) is 4.74 Å². The number of nitrogens with zero attached hydrogens (tertiary/aromatic N) is 1. The summed E-state index contributed by atoms with van der Waals surface area (Å²) in [6.45, 7) is 5.63. The highest BCUT2D eigenvalue weighted by Crippen LogP contribution is 2.02. The minimum absolute atomic E-state index is 0.329. The Hall–Kier alpha value is -1.51. The van der Waals surface area contributed by atoms with E-state index in [4.69, 9.17) is 5.73 Å². The van der Waals surface area contributed by atoms with Gasteiger partial charge in [0, 0.05) is 0 Å². The largest absolute Gasteiger partial charge is 0.463 e. The Labute approximate surface area is 84.6 Å². The molecule has 0 atom stereocenters. The van der Waals surface area contributed by atoms with Crippen LogP contribution in [0.2, 0.25) is 0 Å². The summed E-state index contributed by atoms with van der Waals surface area (Å²) in [6, 6.07) is 8.69. The normalized spacial score (nSPS) is 13.7. The van der Waals surface area contributed by atoms with Crippen LogP contribution < -0.4 is 5.73 Å².